The summed E-state index contributed by atoms with van der Waals surface area (Å²) in [6.45, 7) is 0. The molecule has 248 valence electrons. The Morgan fingerprint density at radius 2 is 0.887 bits per heavy atom. The summed E-state index contributed by atoms with van der Waals surface area (Å²) < 4.78 is 6.66. The van der Waals surface area contributed by atoms with Crippen LogP contribution in [0.3, 0.4) is 0 Å². The van der Waals surface area contributed by atoms with Crippen LogP contribution >= 0.6 is 0 Å². The lowest BCUT2D eigenvalue weighted by Crippen LogP contribution is -2.01. The number of imidazole rings is 2. The lowest BCUT2D eigenvalue weighted by atomic mass is 10.1. The predicted molar refractivity (Wildman–Crippen MR) is 211 cm³/mol. The van der Waals surface area contributed by atoms with Crippen molar-refractivity contribution in [2.24, 2.45) is 0 Å². The smallest absolute Gasteiger partial charge is 0.222 e. The average Bonchev–Trinajstić information content (AvgIpc) is 3.87. The van der Waals surface area contributed by atoms with E-state index in [0.29, 0.717) is 23.1 Å². The highest BCUT2D eigenvalue weighted by molar-refractivity contribution is 6.11. The molecule has 5 aromatic heterocycles. The van der Waals surface area contributed by atoms with Crippen molar-refractivity contribution < 1.29 is 0 Å². The quantitative estimate of drug-likeness (QED) is 0.181. The zero-order chi connectivity index (χ0) is 34.9. The molecule has 0 radical (unpaired) electrons. The Hall–Kier alpha value is -7.45. The van der Waals surface area contributed by atoms with Crippen LogP contribution in [0.2, 0.25) is 0 Å². The van der Waals surface area contributed by atoms with E-state index < -0.39 is 0 Å². The Labute approximate surface area is 302 Å². The van der Waals surface area contributed by atoms with Crippen molar-refractivity contribution in [1.29, 1.82) is 0 Å². The second-order valence-electron chi connectivity index (χ2n) is 13.1. The van der Waals surface area contributed by atoms with Gasteiger partial charge >= 0.3 is 0 Å². The molecule has 5 heterocycles. The summed E-state index contributed by atoms with van der Waals surface area (Å²) in [6.07, 6.45) is 0. The maximum atomic E-state index is 5.33. The van der Waals surface area contributed by atoms with E-state index in [2.05, 4.69) is 117 Å². The van der Waals surface area contributed by atoms with Crippen LogP contribution in [0.4, 0.5) is 0 Å². The minimum Gasteiger partial charge on any atom is -0.294 e. The number of fused-ring (bicyclic) bond motifs is 8. The first kappa shape index (κ1) is 29.3. The van der Waals surface area contributed by atoms with Crippen LogP contribution in [0.25, 0.3) is 95.4 Å². The minimum atomic E-state index is 0.598. The second-order valence-corrected chi connectivity index (χ2v) is 13.1. The van der Waals surface area contributed by atoms with Crippen LogP contribution in [0.1, 0.15) is 0 Å². The summed E-state index contributed by atoms with van der Waals surface area (Å²) in [5, 5.41) is 2.16. The molecule has 11 rings (SSSR count). The number of para-hydroxylation sites is 4. The third-order valence-corrected chi connectivity index (χ3v) is 9.90. The van der Waals surface area contributed by atoms with E-state index in [0.717, 1.165) is 72.3 Å². The number of nitrogens with zero attached hydrogens (tertiary/aromatic N) is 8. The fraction of sp³-hybridized carbons (Fsp3) is 0. The van der Waals surface area contributed by atoms with Gasteiger partial charge in [-0.15, -0.1) is 0 Å². The Morgan fingerprint density at radius 1 is 0.340 bits per heavy atom. The molecule has 0 aliphatic rings. The first-order valence-electron chi connectivity index (χ1n) is 17.5. The predicted octanol–water partition coefficient (Wildman–Crippen LogP) is 10.1. The standard InChI is InChI=1S/C45H28N8/c1-4-15-29(16-5-1)40-46-41(30-17-6-2-7-18-30)48-42(47-40)31-19-14-22-33(27-31)51-36-24-11-10-23-34(36)35-28-39-43(49-44(35)51)50-45-52(32-20-8-3-9-21-32)37-25-12-13-26-38(37)53(39)45/h1-28H. The highest BCUT2D eigenvalue weighted by Gasteiger charge is 2.22. The van der Waals surface area contributed by atoms with Crippen LogP contribution in [-0.2, 0) is 0 Å². The maximum Gasteiger partial charge on any atom is 0.222 e. The molecule has 8 nitrogen and oxygen atoms in total. The molecule has 0 amide bonds. The van der Waals surface area contributed by atoms with Crippen molar-refractivity contribution >= 4 is 49.9 Å². The van der Waals surface area contributed by atoms with E-state index in [1.165, 1.54) is 0 Å². The Bertz CT molecular complexity index is 3100. The molecule has 8 heteroatoms. The number of hydrogen-bond acceptors (Lipinski definition) is 5. The zero-order valence-corrected chi connectivity index (χ0v) is 28.2. The van der Waals surface area contributed by atoms with Crippen LogP contribution < -0.4 is 0 Å². The monoisotopic (exact) mass is 680 g/mol. The molecule has 53 heavy (non-hydrogen) atoms. The Morgan fingerprint density at radius 3 is 1.58 bits per heavy atom. The van der Waals surface area contributed by atoms with Crippen LogP contribution in [-0.4, -0.2) is 38.5 Å². The largest absolute Gasteiger partial charge is 0.294 e. The normalized spacial score (nSPS) is 11.8. The highest BCUT2D eigenvalue weighted by Crippen LogP contribution is 2.36. The van der Waals surface area contributed by atoms with Crippen molar-refractivity contribution in [3.8, 4) is 45.5 Å². The van der Waals surface area contributed by atoms with Gasteiger partial charge in [-0.05, 0) is 48.5 Å². The van der Waals surface area contributed by atoms with E-state index in [4.69, 9.17) is 24.9 Å². The van der Waals surface area contributed by atoms with Gasteiger partial charge in [0.25, 0.3) is 0 Å². The third-order valence-electron chi connectivity index (χ3n) is 9.90. The van der Waals surface area contributed by atoms with Crippen LogP contribution in [0.5, 0.6) is 0 Å². The molecular formula is C45H28N8. The van der Waals surface area contributed by atoms with Gasteiger partial charge in [-0.1, -0.05) is 121 Å². The van der Waals surface area contributed by atoms with Crippen molar-refractivity contribution in [2.45, 2.75) is 0 Å². The number of hydrogen-bond donors (Lipinski definition) is 0. The Kier molecular flexibility index (Phi) is 6.38. The van der Waals surface area contributed by atoms with Crippen molar-refractivity contribution in [3.05, 3.63) is 170 Å². The average molecular weight is 681 g/mol. The molecule has 0 aliphatic carbocycles. The molecule has 0 bridgehead atoms. The molecule has 0 aliphatic heterocycles. The summed E-state index contributed by atoms with van der Waals surface area (Å²) >= 11 is 0. The maximum absolute atomic E-state index is 5.33. The molecule has 11 aromatic rings. The fourth-order valence-corrected chi connectivity index (χ4v) is 7.51. The fourth-order valence-electron chi connectivity index (χ4n) is 7.51. The van der Waals surface area contributed by atoms with Crippen LogP contribution in [0.15, 0.2) is 170 Å². The molecule has 0 spiro atoms. The summed E-state index contributed by atoms with van der Waals surface area (Å²) in [5.74, 6) is 2.67. The van der Waals surface area contributed by atoms with Gasteiger partial charge in [-0.3, -0.25) is 13.5 Å². The molecule has 0 saturated heterocycles. The van der Waals surface area contributed by atoms with E-state index in [-0.39, 0.29) is 0 Å². The van der Waals surface area contributed by atoms with Gasteiger partial charge in [0.05, 0.1) is 22.1 Å². The molecule has 0 atom stereocenters. The SMILES string of the molecule is c1ccc(-c2nc(-c3ccccc3)nc(-c3cccc(-n4c5ccccc5c5cc6c(nc54)nc4n(-c5ccccc5)c5ccccc5n64)c3)n2)cc1. The first-order chi connectivity index (χ1) is 26.3. The lowest BCUT2D eigenvalue weighted by Gasteiger charge is -2.11. The summed E-state index contributed by atoms with van der Waals surface area (Å²) in [6, 6.07) is 58.0. The van der Waals surface area contributed by atoms with Gasteiger partial charge in [0.2, 0.25) is 5.78 Å². The van der Waals surface area contributed by atoms with Gasteiger partial charge < -0.3 is 0 Å². The number of benzene rings is 6. The topological polar surface area (TPSA) is 78.7 Å². The number of rotatable bonds is 5. The molecular weight excluding hydrogens is 653 g/mol. The van der Waals surface area contributed by atoms with Gasteiger partial charge in [0.15, 0.2) is 23.1 Å². The second kappa shape index (κ2) is 11.5. The molecule has 0 N–H and O–H groups in total. The number of aromatic nitrogens is 8. The van der Waals surface area contributed by atoms with Crippen LogP contribution in [0, 0.1) is 0 Å². The zero-order valence-electron chi connectivity index (χ0n) is 28.2. The lowest BCUT2D eigenvalue weighted by molar-refractivity contribution is 1.07. The van der Waals surface area contributed by atoms with E-state index in [9.17, 15) is 0 Å². The summed E-state index contributed by atoms with van der Waals surface area (Å²) in [5.41, 5.74) is 10.4. The Balaban J connectivity index is 1.14. The van der Waals surface area contributed by atoms with Crippen molar-refractivity contribution in [2.75, 3.05) is 0 Å². The van der Waals surface area contributed by atoms with Gasteiger partial charge in [0, 0.05) is 38.8 Å². The molecule has 0 fully saturated rings. The van der Waals surface area contributed by atoms with E-state index in [1.54, 1.807) is 0 Å². The third kappa shape index (κ3) is 4.59. The molecule has 0 unspecified atom stereocenters. The van der Waals surface area contributed by atoms with Crippen molar-refractivity contribution in [1.82, 2.24) is 38.5 Å². The van der Waals surface area contributed by atoms with Gasteiger partial charge in [-0.2, -0.15) is 4.98 Å². The molecule has 0 saturated carbocycles. The van der Waals surface area contributed by atoms with Gasteiger partial charge in [0.1, 0.15) is 5.65 Å². The first-order valence-corrected chi connectivity index (χ1v) is 17.5. The highest BCUT2D eigenvalue weighted by atomic mass is 15.2. The van der Waals surface area contributed by atoms with E-state index >= 15 is 0 Å². The summed E-state index contributed by atoms with van der Waals surface area (Å²) in [7, 11) is 0. The van der Waals surface area contributed by atoms with E-state index in [1.807, 2.05) is 66.7 Å². The number of pyridine rings is 1. The minimum absolute atomic E-state index is 0.598. The summed E-state index contributed by atoms with van der Waals surface area (Å²) in [4.78, 5) is 25.4. The van der Waals surface area contributed by atoms with Crippen molar-refractivity contribution in [3.63, 3.8) is 0 Å². The van der Waals surface area contributed by atoms with Gasteiger partial charge in [-0.25, -0.2) is 19.9 Å². The molecule has 6 aromatic carbocycles.